The van der Waals surface area contributed by atoms with Gasteiger partial charge in [-0.3, -0.25) is 9.69 Å². The van der Waals surface area contributed by atoms with Gasteiger partial charge in [-0.25, -0.2) is 0 Å². The zero-order chi connectivity index (χ0) is 21.0. The van der Waals surface area contributed by atoms with E-state index in [1.54, 1.807) is 19.1 Å². The van der Waals surface area contributed by atoms with E-state index in [2.05, 4.69) is 24.1 Å². The second-order valence-corrected chi connectivity index (χ2v) is 9.63. The highest BCUT2D eigenvalue weighted by Crippen LogP contribution is 2.40. The van der Waals surface area contributed by atoms with Gasteiger partial charge < -0.3 is 10.1 Å². The van der Waals surface area contributed by atoms with Crippen LogP contribution in [0, 0.1) is 12.8 Å². The van der Waals surface area contributed by atoms with Crippen molar-refractivity contribution in [2.45, 2.75) is 51.4 Å². The number of thiophene rings is 1. The maximum absolute atomic E-state index is 13.0. The van der Waals surface area contributed by atoms with Crippen LogP contribution < -0.4 is 10.1 Å². The molecule has 3 aliphatic rings. The quantitative estimate of drug-likeness (QED) is 0.767. The van der Waals surface area contributed by atoms with E-state index in [1.165, 1.54) is 11.3 Å². The molecule has 1 atom stereocenters. The summed E-state index contributed by atoms with van der Waals surface area (Å²) in [6, 6.07) is 5.34. The molecule has 1 unspecified atom stereocenters. The third-order valence-electron chi connectivity index (χ3n) is 6.32. The van der Waals surface area contributed by atoms with Crippen LogP contribution in [0.2, 0.25) is 0 Å². The van der Waals surface area contributed by atoms with E-state index < -0.39 is 12.8 Å². The Kier molecular flexibility index (Phi) is 5.06. The van der Waals surface area contributed by atoms with Gasteiger partial charge in [0.05, 0.1) is 9.58 Å². The monoisotopic (exact) mass is 426 g/mol. The van der Waals surface area contributed by atoms with Gasteiger partial charge in [0.15, 0.2) is 6.61 Å². The first-order valence-electron chi connectivity index (χ1n) is 9.85. The number of benzene rings is 1. The molecule has 3 fully saturated rings. The summed E-state index contributed by atoms with van der Waals surface area (Å²) in [5, 5.41) is 3.94. The number of alkyl halides is 3. The Morgan fingerprint density at radius 3 is 2.62 bits per heavy atom. The van der Waals surface area contributed by atoms with E-state index in [-0.39, 0.29) is 23.2 Å². The molecule has 3 aliphatic heterocycles. The number of nitrogens with one attached hydrogen (secondary N) is 1. The number of carbonyl (C=O) groups excluding carboxylic acids is 1. The fraction of sp³-hybridized carbons (Fsp3) is 0.571. The van der Waals surface area contributed by atoms with Crippen molar-refractivity contribution in [2.24, 2.45) is 5.92 Å². The highest BCUT2D eigenvalue weighted by atomic mass is 32.1. The number of amides is 1. The number of halogens is 3. The number of piperidine rings is 3. The summed E-state index contributed by atoms with van der Waals surface area (Å²) in [6.45, 7) is 6.82. The molecule has 5 rings (SSSR count). The van der Waals surface area contributed by atoms with Crippen molar-refractivity contribution in [1.82, 2.24) is 10.2 Å². The summed E-state index contributed by atoms with van der Waals surface area (Å²) < 4.78 is 43.5. The van der Waals surface area contributed by atoms with Gasteiger partial charge in [0.1, 0.15) is 5.75 Å². The SMILES string of the molecule is Cc1ccc2cc(C(=O)NC3C4CCN(CC4)C3(C)C)sc2c1OCC(F)(F)F. The summed E-state index contributed by atoms with van der Waals surface area (Å²) >= 11 is 1.19. The van der Waals surface area contributed by atoms with E-state index in [9.17, 15) is 18.0 Å². The third-order valence-corrected chi connectivity index (χ3v) is 7.46. The Hall–Kier alpha value is -1.80. The molecule has 29 heavy (non-hydrogen) atoms. The summed E-state index contributed by atoms with van der Waals surface area (Å²) in [7, 11) is 0. The normalized spacial score (nSPS) is 25.9. The molecule has 0 saturated carbocycles. The number of hydrogen-bond acceptors (Lipinski definition) is 4. The topological polar surface area (TPSA) is 41.6 Å². The van der Waals surface area contributed by atoms with Crippen LogP contribution in [-0.4, -0.2) is 48.3 Å². The van der Waals surface area contributed by atoms with Crippen molar-refractivity contribution >= 4 is 27.3 Å². The average Bonchev–Trinajstić information content (AvgIpc) is 3.08. The standard InChI is InChI=1S/C21H25F3N2O2S/c1-12-4-5-14-10-15(29-17(14)16(12)28-11-21(22,23)24)19(27)25-18-13-6-8-26(9-7-13)20(18,2)3/h4-5,10,13,18H,6-9,11H2,1-3H3,(H,25,27). The van der Waals surface area contributed by atoms with Crippen molar-refractivity contribution in [3.8, 4) is 5.75 Å². The predicted octanol–water partition coefficient (Wildman–Crippen LogP) is 4.75. The molecule has 1 aromatic heterocycles. The lowest BCUT2D eigenvalue weighted by Gasteiger charge is -2.56. The molecular weight excluding hydrogens is 401 g/mol. The Balaban J connectivity index is 1.59. The molecule has 3 saturated heterocycles. The van der Waals surface area contributed by atoms with Crippen LogP contribution >= 0.6 is 11.3 Å². The number of hydrogen-bond donors (Lipinski definition) is 1. The second kappa shape index (κ2) is 7.16. The van der Waals surface area contributed by atoms with Crippen LogP contribution in [0.25, 0.3) is 10.1 Å². The maximum atomic E-state index is 13.0. The van der Waals surface area contributed by atoms with E-state index in [0.29, 0.717) is 21.1 Å². The number of carbonyl (C=O) groups is 1. The van der Waals surface area contributed by atoms with Gasteiger partial charge in [-0.1, -0.05) is 12.1 Å². The Bertz CT molecular complexity index is 930. The van der Waals surface area contributed by atoms with Crippen molar-refractivity contribution in [3.63, 3.8) is 0 Å². The molecule has 4 heterocycles. The minimum absolute atomic E-state index is 0.0606. The maximum Gasteiger partial charge on any atom is 0.422 e. The molecular formula is C21H25F3N2O2S. The molecule has 0 spiro atoms. The first-order valence-corrected chi connectivity index (χ1v) is 10.7. The summed E-state index contributed by atoms with van der Waals surface area (Å²) in [5.41, 5.74) is 0.513. The molecule has 4 nitrogen and oxygen atoms in total. The molecule has 2 aromatic rings. The smallest absolute Gasteiger partial charge is 0.422 e. The summed E-state index contributed by atoms with van der Waals surface area (Å²) in [4.78, 5) is 15.9. The van der Waals surface area contributed by atoms with Gasteiger partial charge in [-0.05, 0) is 69.6 Å². The largest absolute Gasteiger partial charge is 0.482 e. The summed E-state index contributed by atoms with van der Waals surface area (Å²) in [6.07, 6.45) is -2.25. The molecule has 0 radical (unpaired) electrons. The summed E-state index contributed by atoms with van der Waals surface area (Å²) in [5.74, 6) is 0.491. The fourth-order valence-electron chi connectivity index (χ4n) is 4.71. The molecule has 2 bridgehead atoms. The van der Waals surface area contributed by atoms with E-state index in [1.807, 2.05) is 6.07 Å². The first kappa shape index (κ1) is 20.5. The number of fused-ring (bicyclic) bond motifs is 4. The first-order chi connectivity index (χ1) is 13.6. The lowest BCUT2D eigenvalue weighted by molar-refractivity contribution is -0.153. The van der Waals surface area contributed by atoms with E-state index in [0.717, 1.165) is 31.3 Å². The van der Waals surface area contributed by atoms with Gasteiger partial charge in [0.2, 0.25) is 0 Å². The highest BCUT2D eigenvalue weighted by Gasteiger charge is 2.48. The Morgan fingerprint density at radius 1 is 1.31 bits per heavy atom. The molecule has 0 aliphatic carbocycles. The van der Waals surface area contributed by atoms with Crippen LogP contribution in [0.4, 0.5) is 13.2 Å². The van der Waals surface area contributed by atoms with Crippen molar-refractivity contribution < 1.29 is 22.7 Å². The third kappa shape index (κ3) is 3.84. The fourth-order valence-corrected chi connectivity index (χ4v) is 5.83. The van der Waals surface area contributed by atoms with Gasteiger partial charge >= 0.3 is 6.18 Å². The van der Waals surface area contributed by atoms with Crippen LogP contribution in [0.1, 0.15) is 41.9 Å². The van der Waals surface area contributed by atoms with Crippen molar-refractivity contribution in [1.29, 1.82) is 0 Å². The van der Waals surface area contributed by atoms with E-state index in [4.69, 9.17) is 4.74 Å². The van der Waals surface area contributed by atoms with Crippen molar-refractivity contribution in [3.05, 3.63) is 28.6 Å². The highest BCUT2D eigenvalue weighted by molar-refractivity contribution is 7.21. The number of nitrogens with zero attached hydrogens (tertiary/aromatic N) is 1. The van der Waals surface area contributed by atoms with E-state index >= 15 is 0 Å². The van der Waals surface area contributed by atoms with Crippen LogP contribution in [-0.2, 0) is 0 Å². The zero-order valence-electron chi connectivity index (χ0n) is 16.7. The molecule has 158 valence electrons. The van der Waals surface area contributed by atoms with Gasteiger partial charge in [-0.2, -0.15) is 13.2 Å². The zero-order valence-corrected chi connectivity index (χ0v) is 17.5. The van der Waals surface area contributed by atoms with Crippen LogP contribution in [0.3, 0.4) is 0 Å². The number of rotatable bonds is 4. The lowest BCUT2D eigenvalue weighted by Crippen LogP contribution is -2.69. The lowest BCUT2D eigenvalue weighted by atomic mass is 9.72. The Morgan fingerprint density at radius 2 is 2.00 bits per heavy atom. The predicted molar refractivity (Wildman–Crippen MR) is 108 cm³/mol. The molecule has 1 N–H and O–H groups in total. The van der Waals surface area contributed by atoms with Gasteiger partial charge in [0, 0.05) is 11.6 Å². The molecule has 1 aromatic carbocycles. The molecule has 8 heteroatoms. The van der Waals surface area contributed by atoms with Gasteiger partial charge in [0.25, 0.3) is 5.91 Å². The second-order valence-electron chi connectivity index (χ2n) is 8.57. The molecule has 1 amide bonds. The van der Waals surface area contributed by atoms with Crippen LogP contribution in [0.15, 0.2) is 18.2 Å². The minimum atomic E-state index is -4.41. The number of ether oxygens (including phenoxy) is 1. The minimum Gasteiger partial charge on any atom is -0.482 e. The van der Waals surface area contributed by atoms with Gasteiger partial charge in [-0.15, -0.1) is 11.3 Å². The number of aryl methyl sites for hydroxylation is 1. The Labute approximate surface area is 172 Å². The van der Waals surface area contributed by atoms with Crippen LogP contribution in [0.5, 0.6) is 5.75 Å². The average molecular weight is 427 g/mol. The van der Waals surface area contributed by atoms with Crippen molar-refractivity contribution in [2.75, 3.05) is 19.7 Å².